The maximum absolute atomic E-state index is 13.3. The third-order valence-corrected chi connectivity index (χ3v) is 3.36. The van der Waals surface area contributed by atoms with E-state index in [0.717, 1.165) is 17.8 Å². The molecule has 0 aliphatic heterocycles. The molecule has 122 valence electrons. The van der Waals surface area contributed by atoms with Gasteiger partial charge in [0.05, 0.1) is 0 Å². The molecule has 3 aromatic rings. The van der Waals surface area contributed by atoms with Gasteiger partial charge in [0.15, 0.2) is 11.6 Å². The summed E-state index contributed by atoms with van der Waals surface area (Å²) in [7, 11) is 0. The summed E-state index contributed by atoms with van der Waals surface area (Å²) in [4.78, 5) is 8.55. The summed E-state index contributed by atoms with van der Waals surface area (Å²) in [5.74, 6) is -1.03. The van der Waals surface area contributed by atoms with E-state index in [-0.39, 0.29) is 5.95 Å². The molecule has 0 radical (unpaired) electrons. The van der Waals surface area contributed by atoms with Gasteiger partial charge in [-0.1, -0.05) is 17.7 Å². The van der Waals surface area contributed by atoms with Gasteiger partial charge in [0.2, 0.25) is 5.95 Å². The maximum Gasteiger partial charge on any atom is 0.229 e. The van der Waals surface area contributed by atoms with Crippen LogP contribution in [0.3, 0.4) is 0 Å². The van der Waals surface area contributed by atoms with Crippen LogP contribution in [0.2, 0.25) is 5.02 Å². The first-order valence-electron chi connectivity index (χ1n) is 7.10. The molecule has 1 aromatic heterocycles. The lowest BCUT2D eigenvalue weighted by atomic mass is 10.3. The second-order valence-corrected chi connectivity index (χ2v) is 5.54. The van der Waals surface area contributed by atoms with E-state index in [1.807, 2.05) is 12.1 Å². The van der Waals surface area contributed by atoms with Crippen LogP contribution >= 0.6 is 11.6 Å². The summed E-state index contributed by atoms with van der Waals surface area (Å²) in [6, 6.07) is 12.5. The van der Waals surface area contributed by atoms with Crippen LogP contribution in [0, 0.1) is 18.6 Å². The third kappa shape index (κ3) is 3.97. The molecule has 0 unspecified atom stereocenters. The Kier molecular flexibility index (Phi) is 4.57. The predicted molar refractivity (Wildman–Crippen MR) is 91.1 cm³/mol. The second-order valence-electron chi connectivity index (χ2n) is 5.11. The van der Waals surface area contributed by atoms with Crippen molar-refractivity contribution in [1.82, 2.24) is 9.97 Å². The van der Waals surface area contributed by atoms with Gasteiger partial charge in [0.1, 0.15) is 5.82 Å². The van der Waals surface area contributed by atoms with Gasteiger partial charge in [-0.3, -0.25) is 0 Å². The molecule has 0 saturated heterocycles. The number of rotatable bonds is 4. The van der Waals surface area contributed by atoms with Crippen molar-refractivity contribution in [2.24, 2.45) is 0 Å². The van der Waals surface area contributed by atoms with Crippen LogP contribution in [0.4, 0.5) is 31.9 Å². The Morgan fingerprint density at radius 2 is 1.67 bits per heavy atom. The van der Waals surface area contributed by atoms with Crippen molar-refractivity contribution < 1.29 is 8.78 Å². The first kappa shape index (κ1) is 16.1. The number of anilines is 4. The van der Waals surface area contributed by atoms with Gasteiger partial charge >= 0.3 is 0 Å². The zero-order valence-corrected chi connectivity index (χ0v) is 13.4. The molecule has 1 heterocycles. The van der Waals surface area contributed by atoms with E-state index < -0.39 is 11.6 Å². The zero-order chi connectivity index (χ0) is 17.1. The highest BCUT2D eigenvalue weighted by atomic mass is 35.5. The van der Waals surface area contributed by atoms with Crippen LogP contribution < -0.4 is 10.6 Å². The fourth-order valence-electron chi connectivity index (χ4n) is 2.11. The van der Waals surface area contributed by atoms with Crippen LogP contribution in [-0.2, 0) is 0 Å². The Balaban J connectivity index is 1.84. The number of halogens is 3. The molecular weight excluding hydrogens is 334 g/mol. The Bertz CT molecular complexity index is 886. The standard InChI is InChI=1S/C17H13ClF2N4/c1-10-7-16(22-12-4-2-3-11(18)8-12)24-17(21-10)23-13-5-6-14(19)15(20)9-13/h2-9H,1H3,(H2,21,22,23,24). The predicted octanol–water partition coefficient (Wildman–Crippen LogP) is 5.20. The fraction of sp³-hybridized carbons (Fsp3) is 0.0588. The van der Waals surface area contributed by atoms with Crippen molar-refractivity contribution in [3.8, 4) is 0 Å². The molecule has 0 aliphatic carbocycles. The molecule has 4 nitrogen and oxygen atoms in total. The van der Waals surface area contributed by atoms with Crippen LogP contribution in [0.15, 0.2) is 48.5 Å². The monoisotopic (exact) mass is 346 g/mol. The molecule has 0 fully saturated rings. The SMILES string of the molecule is Cc1cc(Nc2cccc(Cl)c2)nc(Nc2ccc(F)c(F)c2)n1. The quantitative estimate of drug-likeness (QED) is 0.681. The van der Waals surface area contributed by atoms with Gasteiger partial charge in [-0.15, -0.1) is 0 Å². The van der Waals surface area contributed by atoms with Crippen LogP contribution in [0.5, 0.6) is 0 Å². The number of hydrogen-bond acceptors (Lipinski definition) is 4. The number of nitrogens with zero attached hydrogens (tertiary/aromatic N) is 2. The van der Waals surface area contributed by atoms with Crippen molar-refractivity contribution in [3.05, 3.63) is 70.9 Å². The molecule has 0 bridgehead atoms. The van der Waals surface area contributed by atoms with Gasteiger partial charge < -0.3 is 10.6 Å². The summed E-state index contributed by atoms with van der Waals surface area (Å²) >= 11 is 5.96. The van der Waals surface area contributed by atoms with Crippen molar-refractivity contribution in [3.63, 3.8) is 0 Å². The minimum absolute atomic E-state index is 0.269. The van der Waals surface area contributed by atoms with Crippen LogP contribution in [0.1, 0.15) is 5.69 Å². The molecule has 0 spiro atoms. The fourth-order valence-corrected chi connectivity index (χ4v) is 2.30. The van der Waals surface area contributed by atoms with Crippen LogP contribution in [-0.4, -0.2) is 9.97 Å². The molecular formula is C17H13ClF2N4. The van der Waals surface area contributed by atoms with Gasteiger partial charge in [-0.25, -0.2) is 13.8 Å². The lowest BCUT2D eigenvalue weighted by Gasteiger charge is -2.10. The third-order valence-electron chi connectivity index (χ3n) is 3.13. The number of aromatic nitrogens is 2. The zero-order valence-electron chi connectivity index (χ0n) is 12.6. The normalized spacial score (nSPS) is 10.5. The van der Waals surface area contributed by atoms with Crippen molar-refractivity contribution in [2.75, 3.05) is 10.6 Å². The van der Waals surface area contributed by atoms with Crippen molar-refractivity contribution in [2.45, 2.75) is 6.92 Å². The summed E-state index contributed by atoms with van der Waals surface area (Å²) < 4.78 is 26.3. The highest BCUT2D eigenvalue weighted by Gasteiger charge is 2.06. The lowest BCUT2D eigenvalue weighted by Crippen LogP contribution is -2.02. The molecule has 7 heteroatoms. The Labute approximate surface area is 142 Å². The molecule has 24 heavy (non-hydrogen) atoms. The summed E-state index contributed by atoms with van der Waals surface area (Å²) in [5, 5.41) is 6.58. The minimum Gasteiger partial charge on any atom is -0.340 e. The number of nitrogens with one attached hydrogen (secondary N) is 2. The summed E-state index contributed by atoms with van der Waals surface area (Å²) in [5.41, 5.74) is 1.84. The molecule has 3 rings (SSSR count). The first-order valence-corrected chi connectivity index (χ1v) is 7.48. The molecule has 0 amide bonds. The average Bonchev–Trinajstić information content (AvgIpc) is 2.50. The van der Waals surface area contributed by atoms with E-state index in [2.05, 4.69) is 20.6 Å². The highest BCUT2D eigenvalue weighted by molar-refractivity contribution is 6.30. The number of benzene rings is 2. The van der Waals surface area contributed by atoms with E-state index in [9.17, 15) is 8.78 Å². The van der Waals surface area contributed by atoms with E-state index >= 15 is 0 Å². The maximum atomic E-state index is 13.3. The van der Waals surface area contributed by atoms with Crippen molar-refractivity contribution in [1.29, 1.82) is 0 Å². The Hall–Kier alpha value is -2.73. The molecule has 0 aliphatic rings. The molecule has 0 atom stereocenters. The largest absolute Gasteiger partial charge is 0.340 e. The Morgan fingerprint density at radius 1 is 0.875 bits per heavy atom. The lowest BCUT2D eigenvalue weighted by molar-refractivity contribution is 0.509. The molecule has 2 aromatic carbocycles. The van der Waals surface area contributed by atoms with Gasteiger partial charge in [0.25, 0.3) is 0 Å². The first-order chi connectivity index (χ1) is 11.5. The van der Waals surface area contributed by atoms with E-state index in [0.29, 0.717) is 22.2 Å². The van der Waals surface area contributed by atoms with E-state index in [4.69, 9.17) is 11.6 Å². The topological polar surface area (TPSA) is 49.8 Å². The smallest absolute Gasteiger partial charge is 0.229 e. The average molecular weight is 347 g/mol. The molecule has 2 N–H and O–H groups in total. The van der Waals surface area contributed by atoms with Gasteiger partial charge in [0, 0.05) is 34.2 Å². The van der Waals surface area contributed by atoms with E-state index in [1.165, 1.54) is 6.07 Å². The minimum atomic E-state index is -0.940. The molecule has 0 saturated carbocycles. The summed E-state index contributed by atoms with van der Waals surface area (Å²) in [6.45, 7) is 1.81. The highest BCUT2D eigenvalue weighted by Crippen LogP contribution is 2.22. The van der Waals surface area contributed by atoms with E-state index in [1.54, 1.807) is 25.1 Å². The number of hydrogen-bond donors (Lipinski definition) is 2. The second kappa shape index (κ2) is 6.80. The van der Waals surface area contributed by atoms with Gasteiger partial charge in [-0.2, -0.15) is 4.98 Å². The van der Waals surface area contributed by atoms with Crippen LogP contribution in [0.25, 0.3) is 0 Å². The summed E-state index contributed by atoms with van der Waals surface area (Å²) in [6.07, 6.45) is 0. The van der Waals surface area contributed by atoms with Gasteiger partial charge in [-0.05, 0) is 37.3 Å². The van der Waals surface area contributed by atoms with Crippen molar-refractivity contribution >= 4 is 34.7 Å². The number of aryl methyl sites for hydroxylation is 1. The Morgan fingerprint density at radius 3 is 2.42 bits per heavy atom.